The van der Waals surface area contributed by atoms with Crippen molar-refractivity contribution in [2.75, 3.05) is 6.54 Å². The number of hydrogen-bond acceptors (Lipinski definition) is 5. The monoisotopic (exact) mass is 306 g/mol. The molecule has 1 aromatic carbocycles. The number of nitrogens with zero attached hydrogens (tertiary/aromatic N) is 1. The molecule has 0 bridgehead atoms. The topological polar surface area (TPSA) is 127 Å². The van der Waals surface area contributed by atoms with Crippen LogP contribution in [-0.2, 0) is 14.8 Å². The summed E-state index contributed by atoms with van der Waals surface area (Å²) in [6.45, 7) is 0.788. The number of benzene rings is 1. The normalized spacial score (nSPS) is 12.9. The zero-order chi connectivity index (χ0) is 15.5. The average molecular weight is 306 g/mol. The number of nitro groups is 1. The minimum atomic E-state index is -4.38. The molecule has 0 fully saturated rings. The van der Waals surface area contributed by atoms with Gasteiger partial charge in [0.15, 0.2) is 4.90 Å². The van der Waals surface area contributed by atoms with Gasteiger partial charge in [-0.2, -0.15) is 4.39 Å². The van der Waals surface area contributed by atoms with Crippen LogP contribution < -0.4 is 4.72 Å². The highest BCUT2D eigenvalue weighted by Gasteiger charge is 2.29. The number of nitrogens with one attached hydrogen (secondary N) is 1. The quantitative estimate of drug-likeness (QED) is 0.589. The molecule has 20 heavy (non-hydrogen) atoms. The van der Waals surface area contributed by atoms with Crippen molar-refractivity contribution < 1.29 is 27.6 Å². The number of sulfonamides is 1. The largest absolute Gasteiger partial charge is 0.481 e. The molecular weight excluding hydrogens is 295 g/mol. The number of para-hydroxylation sites is 1. The van der Waals surface area contributed by atoms with Gasteiger partial charge in [0.2, 0.25) is 15.8 Å². The minimum Gasteiger partial charge on any atom is -0.481 e. The molecule has 1 aromatic rings. The van der Waals surface area contributed by atoms with E-state index in [4.69, 9.17) is 5.11 Å². The molecule has 8 nitrogen and oxygen atoms in total. The summed E-state index contributed by atoms with van der Waals surface area (Å²) in [4.78, 5) is 19.3. The Bertz CT molecular complexity index is 645. The van der Waals surface area contributed by atoms with E-state index < -0.39 is 49.8 Å². The standard InChI is InChI=1S/C10H11FN2O6S/c1-6(10(14)15)5-12-20(18,19)8-4-2-3-7(11)9(8)13(16)17/h2-4,6,12H,5H2,1H3,(H,14,15). The molecule has 110 valence electrons. The van der Waals surface area contributed by atoms with E-state index in [0.717, 1.165) is 18.2 Å². The summed E-state index contributed by atoms with van der Waals surface area (Å²) in [7, 11) is -4.38. The van der Waals surface area contributed by atoms with Crippen molar-refractivity contribution in [3.8, 4) is 0 Å². The number of hydrogen-bond donors (Lipinski definition) is 2. The van der Waals surface area contributed by atoms with Gasteiger partial charge in [0, 0.05) is 6.54 Å². The van der Waals surface area contributed by atoms with Crippen LogP contribution in [0.25, 0.3) is 0 Å². The molecule has 1 atom stereocenters. The van der Waals surface area contributed by atoms with Gasteiger partial charge in [0.05, 0.1) is 10.8 Å². The van der Waals surface area contributed by atoms with Gasteiger partial charge in [0.1, 0.15) is 0 Å². The van der Waals surface area contributed by atoms with E-state index in [1.807, 2.05) is 4.72 Å². The summed E-state index contributed by atoms with van der Waals surface area (Å²) < 4.78 is 39.0. The van der Waals surface area contributed by atoms with Crippen LogP contribution in [0.1, 0.15) is 6.92 Å². The molecule has 0 aromatic heterocycles. The number of carbonyl (C=O) groups is 1. The highest BCUT2D eigenvalue weighted by molar-refractivity contribution is 7.89. The number of halogens is 1. The average Bonchev–Trinajstić information content (AvgIpc) is 2.35. The van der Waals surface area contributed by atoms with Crippen LogP contribution in [-0.4, -0.2) is 31.0 Å². The highest BCUT2D eigenvalue weighted by atomic mass is 32.2. The smallest absolute Gasteiger partial charge is 0.324 e. The SMILES string of the molecule is CC(CNS(=O)(=O)c1cccc(F)c1[N+](=O)[O-])C(=O)O. The van der Waals surface area contributed by atoms with E-state index in [2.05, 4.69) is 0 Å². The van der Waals surface area contributed by atoms with Crippen molar-refractivity contribution in [1.29, 1.82) is 0 Å². The number of aliphatic carboxylic acids is 1. The van der Waals surface area contributed by atoms with E-state index in [9.17, 15) is 27.7 Å². The summed E-state index contributed by atoms with van der Waals surface area (Å²) in [6, 6.07) is 2.64. The number of carboxylic acids is 1. The van der Waals surface area contributed by atoms with Crippen LogP contribution in [0.2, 0.25) is 0 Å². The predicted molar refractivity (Wildman–Crippen MR) is 65.0 cm³/mol. The Morgan fingerprint density at radius 1 is 1.55 bits per heavy atom. The second-order valence-corrected chi connectivity index (χ2v) is 5.67. The maximum atomic E-state index is 13.3. The highest BCUT2D eigenvalue weighted by Crippen LogP contribution is 2.26. The molecule has 1 unspecified atom stereocenters. The molecule has 0 amide bonds. The van der Waals surface area contributed by atoms with Crippen molar-refractivity contribution in [3.63, 3.8) is 0 Å². The third kappa shape index (κ3) is 3.48. The molecule has 0 saturated carbocycles. The Morgan fingerprint density at radius 3 is 2.65 bits per heavy atom. The zero-order valence-electron chi connectivity index (χ0n) is 10.2. The summed E-state index contributed by atoms with van der Waals surface area (Å²) in [5.74, 6) is -3.55. The van der Waals surface area contributed by atoms with Gasteiger partial charge in [0.25, 0.3) is 0 Å². The molecule has 0 spiro atoms. The third-order valence-electron chi connectivity index (χ3n) is 2.42. The fourth-order valence-corrected chi connectivity index (χ4v) is 2.60. The summed E-state index contributed by atoms with van der Waals surface area (Å²) in [6.07, 6.45) is 0. The van der Waals surface area contributed by atoms with Crippen LogP contribution >= 0.6 is 0 Å². The lowest BCUT2D eigenvalue weighted by molar-refractivity contribution is -0.390. The van der Waals surface area contributed by atoms with Gasteiger partial charge < -0.3 is 5.11 Å². The third-order valence-corrected chi connectivity index (χ3v) is 3.88. The molecule has 0 aliphatic heterocycles. The molecular formula is C10H11FN2O6S. The first-order valence-corrected chi connectivity index (χ1v) is 6.80. The molecule has 0 aliphatic carbocycles. The van der Waals surface area contributed by atoms with Crippen molar-refractivity contribution in [2.45, 2.75) is 11.8 Å². The first-order chi connectivity index (χ1) is 9.16. The van der Waals surface area contributed by atoms with Gasteiger partial charge >= 0.3 is 11.7 Å². The second-order valence-electron chi connectivity index (χ2n) is 3.93. The van der Waals surface area contributed by atoms with Crippen LogP contribution in [0.15, 0.2) is 23.1 Å². The molecule has 2 N–H and O–H groups in total. The Balaban J connectivity index is 3.14. The maximum absolute atomic E-state index is 13.3. The summed E-state index contributed by atoms with van der Waals surface area (Å²) in [5, 5.41) is 19.3. The lowest BCUT2D eigenvalue weighted by atomic mass is 10.2. The van der Waals surface area contributed by atoms with Gasteiger partial charge in [-0.05, 0) is 12.1 Å². The van der Waals surface area contributed by atoms with E-state index in [1.165, 1.54) is 6.92 Å². The minimum absolute atomic E-state index is 0.467. The van der Waals surface area contributed by atoms with Crippen LogP contribution in [0.3, 0.4) is 0 Å². The van der Waals surface area contributed by atoms with Crippen molar-refractivity contribution in [3.05, 3.63) is 34.1 Å². The van der Waals surface area contributed by atoms with Gasteiger partial charge in [-0.15, -0.1) is 0 Å². The van der Waals surface area contributed by atoms with Gasteiger partial charge in [-0.1, -0.05) is 13.0 Å². The number of carboxylic acid groups (broad SMARTS) is 1. The Hall–Kier alpha value is -2.07. The molecule has 10 heteroatoms. The second kappa shape index (κ2) is 5.92. The number of rotatable bonds is 6. The molecule has 0 aliphatic rings. The van der Waals surface area contributed by atoms with Crippen molar-refractivity contribution in [2.24, 2.45) is 5.92 Å². The molecule has 1 rings (SSSR count). The lowest BCUT2D eigenvalue weighted by Crippen LogP contribution is -2.32. The van der Waals surface area contributed by atoms with Crippen molar-refractivity contribution in [1.82, 2.24) is 4.72 Å². The Morgan fingerprint density at radius 2 is 2.15 bits per heavy atom. The Labute approximate surface area is 113 Å². The molecule has 0 heterocycles. The Kier molecular flexibility index (Phi) is 4.73. The molecule has 0 radical (unpaired) electrons. The van der Waals surface area contributed by atoms with E-state index in [1.54, 1.807) is 0 Å². The van der Waals surface area contributed by atoms with E-state index >= 15 is 0 Å². The maximum Gasteiger partial charge on any atom is 0.324 e. The molecule has 0 saturated heterocycles. The van der Waals surface area contributed by atoms with E-state index in [-0.39, 0.29) is 0 Å². The van der Waals surface area contributed by atoms with Crippen LogP contribution in [0.4, 0.5) is 10.1 Å². The van der Waals surface area contributed by atoms with Gasteiger partial charge in [-0.25, -0.2) is 13.1 Å². The summed E-state index contributed by atoms with van der Waals surface area (Å²) in [5.41, 5.74) is -1.18. The zero-order valence-corrected chi connectivity index (χ0v) is 11.1. The first kappa shape index (κ1) is 16.0. The van der Waals surface area contributed by atoms with Gasteiger partial charge in [-0.3, -0.25) is 14.9 Å². The first-order valence-electron chi connectivity index (χ1n) is 5.32. The van der Waals surface area contributed by atoms with Crippen molar-refractivity contribution >= 4 is 21.7 Å². The van der Waals surface area contributed by atoms with Crippen LogP contribution in [0.5, 0.6) is 0 Å². The van der Waals surface area contributed by atoms with Crippen LogP contribution in [0, 0.1) is 21.8 Å². The fourth-order valence-electron chi connectivity index (χ4n) is 1.29. The van der Waals surface area contributed by atoms with E-state index in [0.29, 0.717) is 0 Å². The fraction of sp³-hybridized carbons (Fsp3) is 0.300. The number of nitro benzene ring substituents is 1. The summed E-state index contributed by atoms with van der Waals surface area (Å²) >= 11 is 0. The lowest BCUT2D eigenvalue weighted by Gasteiger charge is -2.09. The predicted octanol–water partition coefficient (Wildman–Crippen LogP) is 0.733.